The van der Waals surface area contributed by atoms with E-state index in [2.05, 4.69) is 0 Å². The van der Waals surface area contributed by atoms with E-state index < -0.39 is 10.0 Å². The molecule has 8 heteroatoms. The molecule has 3 aliphatic rings. The molecule has 33 heavy (non-hydrogen) atoms. The van der Waals surface area contributed by atoms with Crippen molar-refractivity contribution < 1.29 is 22.7 Å². The fourth-order valence-corrected chi connectivity index (χ4v) is 6.45. The van der Waals surface area contributed by atoms with Crippen molar-refractivity contribution in [3.63, 3.8) is 0 Å². The van der Waals surface area contributed by atoms with Gasteiger partial charge in [0.25, 0.3) is 5.91 Å². The molecule has 5 rings (SSSR count). The van der Waals surface area contributed by atoms with Crippen LogP contribution in [0.5, 0.6) is 11.5 Å². The minimum absolute atomic E-state index is 0.0357. The summed E-state index contributed by atoms with van der Waals surface area (Å²) >= 11 is 0. The SMILES string of the molecule is O=C(c1ccc(S(=O)(=O)N2CCCCC2)cc1)N1CCC[C@@H]1c1ccc2c(c1)OCCCO2. The van der Waals surface area contributed by atoms with E-state index in [0.717, 1.165) is 55.6 Å². The first-order valence-corrected chi connectivity index (χ1v) is 13.3. The number of hydrogen-bond donors (Lipinski definition) is 0. The van der Waals surface area contributed by atoms with E-state index in [1.54, 1.807) is 28.6 Å². The van der Waals surface area contributed by atoms with Gasteiger partial charge in [-0.2, -0.15) is 4.31 Å². The number of piperidine rings is 1. The van der Waals surface area contributed by atoms with Crippen LogP contribution in [0.1, 0.15) is 60.5 Å². The molecule has 2 saturated heterocycles. The first-order valence-electron chi connectivity index (χ1n) is 11.8. The summed E-state index contributed by atoms with van der Waals surface area (Å²) in [5.41, 5.74) is 1.54. The van der Waals surface area contributed by atoms with Crippen molar-refractivity contribution in [1.29, 1.82) is 0 Å². The number of sulfonamides is 1. The molecule has 0 radical (unpaired) electrons. The van der Waals surface area contributed by atoms with Crippen LogP contribution in [0, 0.1) is 0 Å². The predicted molar refractivity (Wildman–Crippen MR) is 124 cm³/mol. The Bertz CT molecular complexity index is 1110. The summed E-state index contributed by atoms with van der Waals surface area (Å²) in [6, 6.07) is 12.3. The average Bonchev–Trinajstić information content (AvgIpc) is 3.23. The molecule has 1 atom stereocenters. The summed E-state index contributed by atoms with van der Waals surface area (Å²) in [5, 5.41) is 0. The lowest BCUT2D eigenvalue weighted by Crippen LogP contribution is -2.35. The number of benzene rings is 2. The molecule has 3 heterocycles. The minimum Gasteiger partial charge on any atom is -0.490 e. The van der Waals surface area contributed by atoms with E-state index in [9.17, 15) is 13.2 Å². The number of likely N-dealkylation sites (tertiary alicyclic amines) is 1. The van der Waals surface area contributed by atoms with Gasteiger partial charge in [0.15, 0.2) is 11.5 Å². The Morgan fingerprint density at radius 3 is 2.30 bits per heavy atom. The van der Waals surface area contributed by atoms with Crippen LogP contribution < -0.4 is 9.47 Å². The van der Waals surface area contributed by atoms with Crippen molar-refractivity contribution in [2.45, 2.75) is 49.5 Å². The molecule has 176 valence electrons. The second-order valence-electron chi connectivity index (χ2n) is 8.90. The third-order valence-corrected chi connectivity index (χ3v) is 8.64. The van der Waals surface area contributed by atoms with Crippen molar-refractivity contribution in [2.24, 2.45) is 0 Å². The zero-order valence-corrected chi connectivity index (χ0v) is 19.6. The first-order chi connectivity index (χ1) is 16.0. The summed E-state index contributed by atoms with van der Waals surface area (Å²) in [6.07, 6.45) is 5.51. The van der Waals surface area contributed by atoms with Gasteiger partial charge in [-0.3, -0.25) is 4.79 Å². The van der Waals surface area contributed by atoms with Crippen LogP contribution in [0.4, 0.5) is 0 Å². The molecule has 2 aromatic rings. The number of rotatable bonds is 4. The maximum atomic E-state index is 13.3. The van der Waals surface area contributed by atoms with Crippen molar-refractivity contribution in [3.8, 4) is 11.5 Å². The van der Waals surface area contributed by atoms with Crippen LogP contribution in [-0.4, -0.2) is 56.4 Å². The van der Waals surface area contributed by atoms with Crippen molar-refractivity contribution in [2.75, 3.05) is 32.8 Å². The van der Waals surface area contributed by atoms with Crippen LogP contribution in [0.2, 0.25) is 0 Å². The number of carbonyl (C=O) groups excluding carboxylic acids is 1. The maximum absolute atomic E-state index is 13.3. The smallest absolute Gasteiger partial charge is 0.254 e. The predicted octanol–water partition coefficient (Wildman–Crippen LogP) is 4.00. The van der Waals surface area contributed by atoms with Gasteiger partial charge < -0.3 is 14.4 Å². The molecule has 3 aliphatic heterocycles. The average molecular weight is 471 g/mol. The molecule has 0 spiro atoms. The van der Waals surface area contributed by atoms with Gasteiger partial charge in [0.2, 0.25) is 10.0 Å². The summed E-state index contributed by atoms with van der Waals surface area (Å²) in [7, 11) is -3.51. The molecular weight excluding hydrogens is 440 g/mol. The van der Waals surface area contributed by atoms with Gasteiger partial charge in [-0.15, -0.1) is 0 Å². The molecular formula is C25H30N2O5S. The number of amides is 1. The minimum atomic E-state index is -3.51. The zero-order valence-electron chi connectivity index (χ0n) is 18.7. The quantitative estimate of drug-likeness (QED) is 0.675. The van der Waals surface area contributed by atoms with Gasteiger partial charge in [-0.1, -0.05) is 12.5 Å². The van der Waals surface area contributed by atoms with Crippen molar-refractivity contribution >= 4 is 15.9 Å². The maximum Gasteiger partial charge on any atom is 0.254 e. The standard InChI is InChI=1S/C25H30N2O5S/c28-25(19-7-10-21(11-8-19)33(29,30)26-13-2-1-3-14-26)27-15-4-6-22(27)20-9-12-23-24(18-20)32-17-5-16-31-23/h7-12,18,22H,1-6,13-17H2/t22-/m1/s1. The largest absolute Gasteiger partial charge is 0.490 e. The lowest BCUT2D eigenvalue weighted by Gasteiger charge is -2.27. The van der Waals surface area contributed by atoms with Gasteiger partial charge in [-0.05, 0) is 67.6 Å². The summed E-state index contributed by atoms with van der Waals surface area (Å²) in [6.45, 7) is 3.06. The number of hydrogen-bond acceptors (Lipinski definition) is 5. The lowest BCUT2D eigenvalue weighted by atomic mass is 10.0. The Morgan fingerprint density at radius 1 is 0.818 bits per heavy atom. The Kier molecular flexibility index (Phi) is 6.29. The third-order valence-electron chi connectivity index (χ3n) is 6.72. The Labute approximate surface area is 195 Å². The highest BCUT2D eigenvalue weighted by molar-refractivity contribution is 7.89. The van der Waals surface area contributed by atoms with Gasteiger partial charge in [0, 0.05) is 31.6 Å². The summed E-state index contributed by atoms with van der Waals surface area (Å²) in [4.78, 5) is 15.5. The molecule has 0 aromatic heterocycles. The van der Waals surface area contributed by atoms with Crippen LogP contribution in [0.25, 0.3) is 0 Å². The molecule has 0 unspecified atom stereocenters. The van der Waals surface area contributed by atoms with Gasteiger partial charge in [0.05, 0.1) is 24.2 Å². The highest BCUT2D eigenvalue weighted by Gasteiger charge is 2.32. The van der Waals surface area contributed by atoms with Crippen molar-refractivity contribution in [3.05, 3.63) is 53.6 Å². The first kappa shape index (κ1) is 22.2. The Hall–Kier alpha value is -2.58. The summed E-state index contributed by atoms with van der Waals surface area (Å²) in [5.74, 6) is 1.40. The highest BCUT2D eigenvalue weighted by Crippen LogP contribution is 2.38. The Morgan fingerprint density at radius 2 is 1.55 bits per heavy atom. The molecule has 1 amide bonds. The van der Waals surface area contributed by atoms with Gasteiger partial charge in [-0.25, -0.2) is 8.42 Å². The van der Waals surface area contributed by atoms with Crippen LogP contribution in [-0.2, 0) is 10.0 Å². The van der Waals surface area contributed by atoms with Crippen LogP contribution >= 0.6 is 0 Å². The number of fused-ring (bicyclic) bond motifs is 1. The molecule has 2 aromatic carbocycles. The Balaban J connectivity index is 1.34. The van der Waals surface area contributed by atoms with Crippen LogP contribution in [0.3, 0.4) is 0 Å². The van der Waals surface area contributed by atoms with E-state index in [1.807, 2.05) is 23.1 Å². The zero-order chi connectivity index (χ0) is 22.8. The number of ether oxygens (including phenoxy) is 2. The normalized spacial score (nSPS) is 21.6. The monoisotopic (exact) mass is 470 g/mol. The third kappa shape index (κ3) is 4.46. The second-order valence-corrected chi connectivity index (χ2v) is 10.8. The lowest BCUT2D eigenvalue weighted by molar-refractivity contribution is 0.0735. The molecule has 0 aliphatic carbocycles. The van der Waals surface area contributed by atoms with Crippen LogP contribution in [0.15, 0.2) is 47.4 Å². The van der Waals surface area contributed by atoms with Gasteiger partial charge >= 0.3 is 0 Å². The van der Waals surface area contributed by atoms with E-state index in [-0.39, 0.29) is 16.8 Å². The fourth-order valence-electron chi connectivity index (χ4n) is 4.93. The van der Waals surface area contributed by atoms with Crippen molar-refractivity contribution in [1.82, 2.24) is 9.21 Å². The molecule has 2 fully saturated rings. The van der Waals surface area contributed by atoms with E-state index in [0.29, 0.717) is 38.4 Å². The molecule has 0 bridgehead atoms. The van der Waals surface area contributed by atoms with E-state index in [1.165, 1.54) is 0 Å². The number of nitrogens with zero attached hydrogens (tertiary/aromatic N) is 2. The molecule has 0 saturated carbocycles. The molecule has 7 nitrogen and oxygen atoms in total. The second kappa shape index (κ2) is 9.35. The molecule has 0 N–H and O–H groups in total. The fraction of sp³-hybridized carbons (Fsp3) is 0.480. The van der Waals surface area contributed by atoms with E-state index in [4.69, 9.17) is 9.47 Å². The highest BCUT2D eigenvalue weighted by atomic mass is 32.2. The van der Waals surface area contributed by atoms with E-state index >= 15 is 0 Å². The van der Waals surface area contributed by atoms with Gasteiger partial charge in [0.1, 0.15) is 0 Å². The number of carbonyl (C=O) groups is 1. The summed E-state index contributed by atoms with van der Waals surface area (Å²) < 4.78 is 38.9. The topological polar surface area (TPSA) is 76.2 Å².